The Morgan fingerprint density at radius 3 is 2.19 bits per heavy atom. The number of carbonyl (C=O) groups is 2. The first kappa shape index (κ1) is 25.8. The number of aromatic hydroxyl groups is 1. The lowest BCUT2D eigenvalue weighted by Gasteiger charge is -2.47. The molecule has 0 spiro atoms. The van der Waals surface area contributed by atoms with Gasteiger partial charge in [-0.3, -0.25) is 9.59 Å². The third kappa shape index (κ3) is 3.38. The minimum Gasteiger partial charge on any atom is -0.508 e. The Balaban J connectivity index is 1.45. The van der Waals surface area contributed by atoms with Crippen molar-refractivity contribution in [2.45, 2.75) is 31.8 Å². The fourth-order valence-electron chi connectivity index (χ4n) is 7.14. The van der Waals surface area contributed by atoms with E-state index in [1.54, 1.807) is 73.7 Å². The number of carbonyl (C=O) groups excluding carboxylic acids is 2. The van der Waals surface area contributed by atoms with Crippen molar-refractivity contribution < 1.29 is 19.4 Å². The number of phenols is 1. The number of para-hydroxylation sites is 2. The standard InChI is InChI=1S/C32H28N4O6/c1-32-24(28(38)34(29(32)39)19-9-5-3-6-10-19)18-25-22(27(32)23-14-13-21(42-2)17-26(23)37)15-16-33-30(40)35(31(41)36(25)33)20-11-7-4-8-12-20/h3-15,17,24-25,27,37H,16,18H2,1-2H3/t24-,25+,27+,32+/m0/s1. The van der Waals surface area contributed by atoms with Crippen LogP contribution in [0.25, 0.3) is 5.69 Å². The molecule has 0 bridgehead atoms. The fraction of sp³-hybridized carbons (Fsp3) is 0.250. The van der Waals surface area contributed by atoms with E-state index in [2.05, 4.69) is 0 Å². The average molecular weight is 565 g/mol. The molecule has 3 heterocycles. The zero-order valence-electron chi connectivity index (χ0n) is 23.0. The van der Waals surface area contributed by atoms with Crippen molar-refractivity contribution >= 4 is 17.5 Å². The number of anilines is 1. The van der Waals surface area contributed by atoms with E-state index in [0.717, 1.165) is 4.57 Å². The molecule has 1 aliphatic carbocycles. The highest BCUT2D eigenvalue weighted by Gasteiger charge is 2.65. The molecule has 212 valence electrons. The van der Waals surface area contributed by atoms with Crippen LogP contribution < -0.4 is 21.0 Å². The van der Waals surface area contributed by atoms with Crippen LogP contribution in [0.1, 0.15) is 30.9 Å². The summed E-state index contributed by atoms with van der Waals surface area (Å²) in [6.45, 7) is 1.87. The van der Waals surface area contributed by atoms with Crippen LogP contribution in [-0.2, 0) is 16.1 Å². The minimum atomic E-state index is -1.27. The van der Waals surface area contributed by atoms with Gasteiger partial charge in [-0.1, -0.05) is 48.5 Å². The molecule has 1 aromatic heterocycles. The summed E-state index contributed by atoms with van der Waals surface area (Å²) < 4.78 is 9.23. The molecule has 1 N–H and O–H groups in total. The molecule has 42 heavy (non-hydrogen) atoms. The Kier molecular flexibility index (Phi) is 5.66. The van der Waals surface area contributed by atoms with Crippen molar-refractivity contribution in [3.05, 3.63) is 117 Å². The van der Waals surface area contributed by atoms with E-state index in [-0.39, 0.29) is 30.5 Å². The Labute approximate surface area is 240 Å². The van der Waals surface area contributed by atoms with Gasteiger partial charge in [-0.15, -0.1) is 0 Å². The molecule has 0 radical (unpaired) electrons. The lowest BCUT2D eigenvalue weighted by molar-refractivity contribution is -0.129. The van der Waals surface area contributed by atoms with Gasteiger partial charge in [0, 0.05) is 17.5 Å². The summed E-state index contributed by atoms with van der Waals surface area (Å²) in [4.78, 5) is 57.2. The molecule has 2 aliphatic heterocycles. The number of nitrogens with zero attached hydrogens (tertiary/aromatic N) is 4. The molecule has 7 rings (SSSR count). The maximum atomic E-state index is 14.4. The van der Waals surface area contributed by atoms with E-state index in [4.69, 9.17) is 4.74 Å². The Hall–Kier alpha value is -5.12. The van der Waals surface area contributed by atoms with Crippen LogP contribution in [0.2, 0.25) is 0 Å². The van der Waals surface area contributed by atoms with E-state index in [9.17, 15) is 24.3 Å². The summed E-state index contributed by atoms with van der Waals surface area (Å²) in [5.74, 6) is -1.98. The molecule has 0 unspecified atom stereocenters. The number of hydrogen-bond acceptors (Lipinski definition) is 6. The van der Waals surface area contributed by atoms with Crippen molar-refractivity contribution in [3.8, 4) is 17.2 Å². The number of rotatable bonds is 4. The molecule has 1 saturated carbocycles. The van der Waals surface area contributed by atoms with E-state index in [1.807, 2.05) is 12.1 Å². The molecule has 2 amide bonds. The molecular weight excluding hydrogens is 536 g/mol. The van der Waals surface area contributed by atoms with Gasteiger partial charge in [0.25, 0.3) is 0 Å². The number of fused-ring (bicyclic) bond motifs is 4. The quantitative estimate of drug-likeness (QED) is 0.300. The maximum absolute atomic E-state index is 14.4. The number of hydrogen-bond donors (Lipinski definition) is 1. The smallest absolute Gasteiger partial charge is 0.352 e. The van der Waals surface area contributed by atoms with E-state index >= 15 is 0 Å². The van der Waals surface area contributed by atoms with Gasteiger partial charge in [0.1, 0.15) is 11.5 Å². The van der Waals surface area contributed by atoms with E-state index in [1.165, 1.54) is 27.4 Å². The number of aromatic nitrogens is 3. The second kappa shape index (κ2) is 9.20. The molecular formula is C32H28N4O6. The number of methoxy groups -OCH3 is 1. The van der Waals surface area contributed by atoms with Gasteiger partial charge < -0.3 is 9.84 Å². The number of amides is 2. The highest BCUT2D eigenvalue weighted by molar-refractivity contribution is 6.24. The molecule has 4 atom stereocenters. The predicted octanol–water partition coefficient (Wildman–Crippen LogP) is 3.38. The fourth-order valence-corrected chi connectivity index (χ4v) is 7.14. The summed E-state index contributed by atoms with van der Waals surface area (Å²) in [7, 11) is 1.49. The van der Waals surface area contributed by atoms with E-state index in [0.29, 0.717) is 28.3 Å². The van der Waals surface area contributed by atoms with Gasteiger partial charge in [-0.05, 0) is 49.2 Å². The van der Waals surface area contributed by atoms with Gasteiger partial charge in [0.15, 0.2) is 0 Å². The first-order valence-electron chi connectivity index (χ1n) is 13.8. The third-order valence-electron chi connectivity index (χ3n) is 9.12. The summed E-state index contributed by atoms with van der Waals surface area (Å²) >= 11 is 0. The highest BCUT2D eigenvalue weighted by Crippen LogP contribution is 2.62. The molecule has 4 aromatic rings. The number of benzene rings is 3. The van der Waals surface area contributed by atoms with Crippen LogP contribution in [0.3, 0.4) is 0 Å². The highest BCUT2D eigenvalue weighted by atomic mass is 16.5. The van der Waals surface area contributed by atoms with Gasteiger partial charge in [-0.25, -0.2) is 28.4 Å². The Morgan fingerprint density at radius 2 is 1.55 bits per heavy atom. The van der Waals surface area contributed by atoms with Crippen molar-refractivity contribution in [1.29, 1.82) is 0 Å². The van der Waals surface area contributed by atoms with Crippen molar-refractivity contribution in [1.82, 2.24) is 13.9 Å². The van der Waals surface area contributed by atoms with Crippen molar-refractivity contribution in [2.24, 2.45) is 11.3 Å². The first-order chi connectivity index (χ1) is 20.3. The topological polar surface area (TPSA) is 116 Å². The minimum absolute atomic E-state index is 0.0866. The van der Waals surface area contributed by atoms with Crippen LogP contribution in [0.5, 0.6) is 11.5 Å². The maximum Gasteiger partial charge on any atom is 0.352 e. The van der Waals surface area contributed by atoms with Crippen LogP contribution >= 0.6 is 0 Å². The van der Waals surface area contributed by atoms with Gasteiger partial charge in [-0.2, -0.15) is 0 Å². The third-order valence-corrected chi connectivity index (χ3v) is 9.12. The van der Waals surface area contributed by atoms with Gasteiger partial charge >= 0.3 is 11.4 Å². The van der Waals surface area contributed by atoms with Crippen molar-refractivity contribution in [2.75, 3.05) is 12.0 Å². The van der Waals surface area contributed by atoms with Crippen LogP contribution in [0.15, 0.2) is 100 Å². The SMILES string of the molecule is COc1ccc([C@H]2C3=CCn4c(=O)n(-c5ccccc5)c(=O)n4[C@@H]3C[C@H]3C(=O)N(c4ccccc4)C(=O)[C@@]23C)c(O)c1. The summed E-state index contributed by atoms with van der Waals surface area (Å²) in [6, 6.07) is 21.6. The number of phenolic OH excluding ortho intramolecular Hbond substituents is 1. The van der Waals surface area contributed by atoms with E-state index < -0.39 is 34.7 Å². The van der Waals surface area contributed by atoms with Crippen LogP contribution in [0, 0.1) is 11.3 Å². The lowest BCUT2D eigenvalue weighted by Crippen LogP contribution is -2.49. The largest absolute Gasteiger partial charge is 0.508 e. The first-order valence-corrected chi connectivity index (χ1v) is 13.8. The average Bonchev–Trinajstić information content (AvgIpc) is 3.37. The molecule has 10 nitrogen and oxygen atoms in total. The summed E-state index contributed by atoms with van der Waals surface area (Å²) in [6.07, 6.45) is 2.00. The zero-order valence-corrected chi connectivity index (χ0v) is 23.0. The molecule has 3 aromatic carbocycles. The van der Waals surface area contributed by atoms with Crippen molar-refractivity contribution in [3.63, 3.8) is 0 Å². The summed E-state index contributed by atoms with van der Waals surface area (Å²) in [5.41, 5.74) is -0.231. The molecule has 2 fully saturated rings. The molecule has 1 saturated heterocycles. The Bertz CT molecular complexity index is 1900. The van der Waals surface area contributed by atoms with Crippen LogP contribution in [-0.4, -0.2) is 38.0 Å². The molecule has 10 heteroatoms. The number of allylic oxidation sites excluding steroid dienone is 2. The second-order valence-electron chi connectivity index (χ2n) is 11.1. The van der Waals surface area contributed by atoms with Crippen LogP contribution in [0.4, 0.5) is 5.69 Å². The van der Waals surface area contributed by atoms with Gasteiger partial charge in [0.2, 0.25) is 11.8 Å². The molecule has 3 aliphatic rings. The normalized spacial score (nSPS) is 24.6. The monoisotopic (exact) mass is 564 g/mol. The summed E-state index contributed by atoms with van der Waals surface area (Å²) in [5, 5.41) is 11.2. The number of imide groups is 1. The number of ether oxygens (including phenoxy) is 1. The lowest BCUT2D eigenvalue weighted by atomic mass is 9.56. The van der Waals surface area contributed by atoms with Gasteiger partial charge in [0.05, 0.1) is 42.4 Å². The zero-order chi connectivity index (χ0) is 29.3. The predicted molar refractivity (Wildman–Crippen MR) is 154 cm³/mol. The second-order valence-corrected chi connectivity index (χ2v) is 11.1. The Morgan fingerprint density at radius 1 is 0.881 bits per heavy atom.